The second kappa shape index (κ2) is 36.4. The molecule has 0 radical (unpaired) electrons. The minimum absolute atomic E-state index is 0.0761. The fourth-order valence-corrected chi connectivity index (χ4v) is 8.38. The van der Waals surface area contributed by atoms with E-state index in [4.69, 9.17) is 42.6 Å². The van der Waals surface area contributed by atoms with Crippen molar-refractivity contribution in [1.82, 2.24) is 10.6 Å². The smallest absolute Gasteiger partial charge is 0.407 e. The van der Waals surface area contributed by atoms with Gasteiger partial charge >= 0.3 is 12.1 Å². The average Bonchev–Trinajstić information content (AvgIpc) is 3.35. The van der Waals surface area contributed by atoms with Crippen LogP contribution in [0.3, 0.4) is 0 Å². The molecule has 0 spiro atoms. The summed E-state index contributed by atoms with van der Waals surface area (Å²) < 4.78 is 49.9. The van der Waals surface area contributed by atoms with Crippen LogP contribution in [-0.2, 0) is 14.3 Å². The number of carboxylic acids is 1. The van der Waals surface area contributed by atoms with Crippen molar-refractivity contribution in [2.24, 2.45) is 0 Å². The van der Waals surface area contributed by atoms with Crippen molar-refractivity contribution in [2.75, 3.05) is 70.0 Å². The summed E-state index contributed by atoms with van der Waals surface area (Å²) in [6.45, 7) is 14.9. The molecule has 0 bridgehead atoms. The van der Waals surface area contributed by atoms with Crippen molar-refractivity contribution >= 4 is 30.1 Å². The van der Waals surface area contributed by atoms with Gasteiger partial charge in [0.15, 0.2) is 23.0 Å². The number of carboxylic acid groups (broad SMARTS) is 1. The quantitative estimate of drug-likeness (QED) is 0.0439. The van der Waals surface area contributed by atoms with E-state index in [0.29, 0.717) is 88.6 Å². The third-order valence-corrected chi connectivity index (χ3v) is 12.2. The lowest BCUT2D eigenvalue weighted by molar-refractivity contribution is -0.132. The molecule has 410 valence electrons. The molecule has 0 saturated heterocycles. The predicted molar refractivity (Wildman–Crippen MR) is 289 cm³/mol. The summed E-state index contributed by atoms with van der Waals surface area (Å²) in [4.78, 5) is 37.1. The number of hydrogen-bond donors (Lipinski definition) is 3. The molecule has 0 aromatic heterocycles. The normalized spacial score (nSPS) is 11.5. The number of methoxy groups -OCH3 is 8. The van der Waals surface area contributed by atoms with Crippen LogP contribution in [-0.4, -0.2) is 98.6 Å². The number of benzene rings is 2. The van der Waals surface area contributed by atoms with Gasteiger partial charge in [0.2, 0.25) is 28.9 Å². The highest BCUT2D eigenvalue weighted by molar-refractivity contribution is 5.99. The average molecular weight is 1020 g/mol. The van der Waals surface area contributed by atoms with Gasteiger partial charge in [-0.2, -0.15) is 0 Å². The van der Waals surface area contributed by atoms with Gasteiger partial charge in [-0.25, -0.2) is 9.59 Å². The number of carbonyl (C=O) groups is 3. The summed E-state index contributed by atoms with van der Waals surface area (Å²) in [6, 6.07) is 0. The van der Waals surface area contributed by atoms with Crippen molar-refractivity contribution in [3.05, 3.63) is 33.4 Å². The number of amides is 2. The van der Waals surface area contributed by atoms with Gasteiger partial charge in [0.1, 0.15) is 5.60 Å². The summed E-state index contributed by atoms with van der Waals surface area (Å²) in [5.74, 6) is 2.66. The van der Waals surface area contributed by atoms with Crippen LogP contribution in [0.5, 0.6) is 46.0 Å². The van der Waals surface area contributed by atoms with Gasteiger partial charge in [-0.1, -0.05) is 104 Å². The van der Waals surface area contributed by atoms with E-state index in [-0.39, 0.29) is 12.0 Å². The van der Waals surface area contributed by atoms with Crippen LogP contribution in [0.2, 0.25) is 0 Å². The number of rotatable bonds is 35. The lowest BCUT2D eigenvalue weighted by Crippen LogP contribution is -2.33. The van der Waals surface area contributed by atoms with Gasteiger partial charge in [0, 0.05) is 46.5 Å². The number of hydrogen-bond acceptors (Lipinski definition) is 12. The molecule has 2 aromatic rings. The van der Waals surface area contributed by atoms with Crippen molar-refractivity contribution < 1.29 is 62.1 Å². The summed E-state index contributed by atoms with van der Waals surface area (Å²) >= 11 is 0. The lowest BCUT2D eigenvalue weighted by atomic mass is 9.98. The maximum Gasteiger partial charge on any atom is 0.407 e. The molecular formula is C57H94N2O13. The van der Waals surface area contributed by atoms with E-state index in [1.807, 2.05) is 40.7 Å². The van der Waals surface area contributed by atoms with Gasteiger partial charge in [-0.15, -0.1) is 0 Å². The second-order valence-electron chi connectivity index (χ2n) is 18.8. The first kappa shape index (κ1) is 64.5. The fraction of sp³-hybridized carbons (Fsp3) is 0.667. The number of aliphatic carboxylic acids is 1. The lowest BCUT2D eigenvalue weighted by Gasteiger charge is -2.21. The molecule has 0 fully saturated rings. The van der Waals surface area contributed by atoms with Crippen LogP contribution in [0.15, 0.2) is 11.1 Å². The molecule has 2 rings (SSSR count). The minimum atomic E-state index is -0.925. The summed E-state index contributed by atoms with van der Waals surface area (Å²) in [5, 5.41) is 15.6. The number of alkyl carbamates (subject to hydrolysis) is 1. The maximum atomic E-state index is 13.5. The van der Waals surface area contributed by atoms with Crippen LogP contribution in [0.25, 0.3) is 12.2 Å². The van der Waals surface area contributed by atoms with Crippen molar-refractivity contribution in [1.29, 1.82) is 0 Å². The molecule has 2 aromatic carbocycles. The van der Waals surface area contributed by atoms with Crippen LogP contribution in [0.4, 0.5) is 4.79 Å². The Morgan fingerprint density at radius 1 is 0.444 bits per heavy atom. The van der Waals surface area contributed by atoms with Crippen LogP contribution in [0, 0.1) is 13.8 Å². The minimum Gasteiger partial charge on any atom is -0.492 e. The Hall–Kier alpha value is -5.47. The number of carbonyl (C=O) groups excluding carboxylic acids is 2. The van der Waals surface area contributed by atoms with E-state index in [0.717, 1.165) is 74.5 Å². The molecule has 0 saturated carbocycles. The highest BCUT2D eigenvalue weighted by atomic mass is 16.6. The molecule has 0 aliphatic rings. The van der Waals surface area contributed by atoms with Gasteiger partial charge in [-0.05, 0) is 85.3 Å². The number of nitrogens with one attached hydrogen (secondary N) is 2. The highest BCUT2D eigenvalue weighted by Crippen LogP contribution is 2.51. The predicted octanol–water partition coefficient (Wildman–Crippen LogP) is 13.4. The zero-order chi connectivity index (χ0) is 54.1. The third kappa shape index (κ3) is 22.1. The van der Waals surface area contributed by atoms with Crippen molar-refractivity contribution in [3.8, 4) is 46.0 Å². The summed E-state index contributed by atoms with van der Waals surface area (Å²) in [7, 11) is 12.4. The zero-order valence-corrected chi connectivity index (χ0v) is 47.1. The molecule has 3 N–H and O–H groups in total. The first-order valence-corrected chi connectivity index (χ1v) is 26.1. The Balaban J connectivity index is 0.000000777. The fourth-order valence-electron chi connectivity index (χ4n) is 8.38. The van der Waals surface area contributed by atoms with Gasteiger partial charge < -0.3 is 58.4 Å². The molecule has 72 heavy (non-hydrogen) atoms. The standard InChI is InChI=1S/C34H58N2O7.C23H36O6/c1-10-11-12-13-14-15-18-21-26(24-27-25(2)28(39-6)30(41-8)31(42-9)29(27)40-7)32(37)35-22-19-16-17-20-23-36-33(38)43-34(3,4)5;1-7-8-9-10-11-12-13-14-17(23(24)25)15-18-16(2)19(26-3)21(28-5)22(29-6)20(18)27-4/h24H,10-23H2,1-9H3,(H,35,37)(H,36,38);15H,7-14H2,1-6H3,(H,24,25)/b26-24+;17-15+. The molecule has 0 aliphatic carbocycles. The topological polar surface area (TPSA) is 179 Å². The van der Waals surface area contributed by atoms with E-state index in [1.54, 1.807) is 41.6 Å². The van der Waals surface area contributed by atoms with Crippen molar-refractivity contribution in [3.63, 3.8) is 0 Å². The Kier molecular flexibility index (Phi) is 32.7. The van der Waals surface area contributed by atoms with Gasteiger partial charge in [0.05, 0.1) is 56.9 Å². The first-order valence-electron chi connectivity index (χ1n) is 26.1. The van der Waals surface area contributed by atoms with E-state index in [9.17, 15) is 19.5 Å². The zero-order valence-electron chi connectivity index (χ0n) is 47.1. The molecule has 0 aliphatic heterocycles. The van der Waals surface area contributed by atoms with Crippen LogP contribution in [0.1, 0.15) is 185 Å². The number of unbranched alkanes of at least 4 members (excludes halogenated alkanes) is 15. The van der Waals surface area contributed by atoms with Crippen LogP contribution < -0.4 is 48.5 Å². The molecule has 0 heterocycles. The summed E-state index contributed by atoms with van der Waals surface area (Å²) in [6.07, 6.45) is 24.1. The first-order chi connectivity index (χ1) is 34.5. The Morgan fingerprint density at radius 3 is 1.12 bits per heavy atom. The Bertz CT molecular complexity index is 1990. The molecule has 2 amide bonds. The summed E-state index contributed by atoms with van der Waals surface area (Å²) in [5.41, 5.74) is 3.45. The number of ether oxygens (including phenoxy) is 9. The van der Waals surface area contributed by atoms with E-state index >= 15 is 0 Å². The van der Waals surface area contributed by atoms with E-state index < -0.39 is 11.6 Å². The largest absolute Gasteiger partial charge is 0.492 e. The monoisotopic (exact) mass is 1010 g/mol. The second-order valence-corrected chi connectivity index (χ2v) is 18.8. The van der Waals surface area contributed by atoms with Crippen molar-refractivity contribution in [2.45, 2.75) is 182 Å². The molecule has 0 atom stereocenters. The Labute approximate surface area is 433 Å². The Morgan fingerprint density at radius 2 is 0.764 bits per heavy atom. The van der Waals surface area contributed by atoms with E-state index in [2.05, 4.69) is 24.5 Å². The SMILES string of the molecule is CCCCCCCCC/C(=C\c1c(C)c(OC)c(OC)c(OC)c1OC)C(=O)NCCCCCCNC(=O)OC(C)(C)C.CCCCCCCCC/C(=C\c1c(C)c(OC)c(OC)c(OC)c1OC)C(=O)O. The highest BCUT2D eigenvalue weighted by Gasteiger charge is 2.27. The molecule has 15 nitrogen and oxygen atoms in total. The van der Waals surface area contributed by atoms with Gasteiger partial charge in [-0.3, -0.25) is 4.79 Å². The van der Waals surface area contributed by atoms with Gasteiger partial charge in [0.25, 0.3) is 0 Å². The molecule has 0 unspecified atom stereocenters. The molecular weight excluding hydrogens is 921 g/mol. The maximum absolute atomic E-state index is 13.5. The van der Waals surface area contributed by atoms with E-state index in [1.165, 1.54) is 79.1 Å². The molecule has 15 heteroatoms. The van der Waals surface area contributed by atoms with Crippen LogP contribution >= 0.6 is 0 Å². The third-order valence-electron chi connectivity index (χ3n) is 12.2.